The van der Waals surface area contributed by atoms with Gasteiger partial charge in [-0.25, -0.2) is 13.1 Å². The second kappa shape index (κ2) is 6.55. The Labute approximate surface area is 117 Å². The highest BCUT2D eigenvalue weighted by Crippen LogP contribution is 2.29. The number of piperidine rings is 1. The molecule has 4 nitrogen and oxygen atoms in total. The van der Waals surface area contributed by atoms with Crippen molar-refractivity contribution in [2.45, 2.75) is 52.0 Å². The lowest BCUT2D eigenvalue weighted by atomic mass is 9.81. The maximum Gasteiger partial charge on any atom is 0.212 e. The van der Waals surface area contributed by atoms with Crippen LogP contribution in [-0.2, 0) is 10.0 Å². The predicted octanol–water partition coefficient (Wildman–Crippen LogP) is 1.73. The zero-order chi connectivity index (χ0) is 13.9. The van der Waals surface area contributed by atoms with Gasteiger partial charge in [0.05, 0.1) is 5.75 Å². The van der Waals surface area contributed by atoms with Gasteiger partial charge in [-0.3, -0.25) is 0 Å². The summed E-state index contributed by atoms with van der Waals surface area (Å²) in [6, 6.07) is 0.153. The largest absolute Gasteiger partial charge is 0.316 e. The molecule has 1 aliphatic carbocycles. The van der Waals surface area contributed by atoms with E-state index >= 15 is 0 Å². The summed E-state index contributed by atoms with van der Waals surface area (Å²) < 4.78 is 27.4. The summed E-state index contributed by atoms with van der Waals surface area (Å²) in [6.45, 7) is 6.32. The highest BCUT2D eigenvalue weighted by Gasteiger charge is 2.28. The Hall–Kier alpha value is -0.130. The molecule has 2 aliphatic rings. The van der Waals surface area contributed by atoms with E-state index in [-0.39, 0.29) is 12.0 Å². The van der Waals surface area contributed by atoms with Crippen molar-refractivity contribution in [2.24, 2.45) is 17.8 Å². The first-order valence-electron chi connectivity index (χ1n) is 7.65. The van der Waals surface area contributed by atoms with E-state index in [4.69, 9.17) is 0 Å². The van der Waals surface area contributed by atoms with E-state index in [0.29, 0.717) is 17.6 Å². The average Bonchev–Trinajstić information content (AvgIpc) is 2.27. The molecule has 0 amide bonds. The fourth-order valence-corrected chi connectivity index (χ4v) is 5.42. The zero-order valence-corrected chi connectivity index (χ0v) is 13.0. The monoisotopic (exact) mass is 288 g/mol. The van der Waals surface area contributed by atoms with Crippen molar-refractivity contribution in [3.05, 3.63) is 0 Å². The van der Waals surface area contributed by atoms with Crippen LogP contribution in [0.1, 0.15) is 46.0 Å². The number of rotatable bonds is 4. The summed E-state index contributed by atoms with van der Waals surface area (Å²) in [7, 11) is -3.12. The van der Waals surface area contributed by atoms with Crippen LogP contribution in [0.4, 0.5) is 0 Å². The van der Waals surface area contributed by atoms with Crippen LogP contribution in [0.2, 0.25) is 0 Å². The summed E-state index contributed by atoms with van der Waals surface area (Å²) in [6.07, 6.45) is 5.34. The van der Waals surface area contributed by atoms with Crippen molar-refractivity contribution in [2.75, 3.05) is 18.8 Å². The lowest BCUT2D eigenvalue weighted by molar-refractivity contribution is 0.257. The molecule has 5 heteroatoms. The molecule has 19 heavy (non-hydrogen) atoms. The van der Waals surface area contributed by atoms with Crippen molar-refractivity contribution in [3.8, 4) is 0 Å². The lowest BCUT2D eigenvalue weighted by Gasteiger charge is -2.32. The molecule has 0 aromatic rings. The summed E-state index contributed by atoms with van der Waals surface area (Å²) >= 11 is 0. The first kappa shape index (κ1) is 15.3. The molecular formula is C14H28N2O2S. The van der Waals surface area contributed by atoms with Gasteiger partial charge >= 0.3 is 0 Å². The summed E-state index contributed by atoms with van der Waals surface area (Å²) in [5, 5.41) is 3.28. The summed E-state index contributed by atoms with van der Waals surface area (Å²) in [4.78, 5) is 0. The smallest absolute Gasteiger partial charge is 0.212 e. The molecule has 112 valence electrons. The maximum absolute atomic E-state index is 12.2. The molecule has 1 saturated carbocycles. The Kier molecular flexibility index (Phi) is 5.26. The van der Waals surface area contributed by atoms with Crippen LogP contribution in [0.3, 0.4) is 0 Å². The van der Waals surface area contributed by atoms with E-state index in [0.717, 1.165) is 38.8 Å². The molecule has 1 saturated heterocycles. The Morgan fingerprint density at radius 1 is 1.16 bits per heavy atom. The molecule has 0 spiro atoms. The number of sulfonamides is 1. The fourth-order valence-electron chi connectivity index (χ4n) is 3.72. The highest BCUT2D eigenvalue weighted by atomic mass is 32.2. The van der Waals surface area contributed by atoms with Gasteiger partial charge in [-0.2, -0.15) is 0 Å². The molecule has 2 fully saturated rings. The number of hydrogen-bond donors (Lipinski definition) is 2. The maximum atomic E-state index is 12.2. The second-order valence-corrected chi connectivity index (χ2v) is 8.52. The third kappa shape index (κ3) is 5.04. The normalized spacial score (nSPS) is 37.2. The van der Waals surface area contributed by atoms with Crippen LogP contribution in [0, 0.1) is 17.8 Å². The minimum atomic E-state index is -3.12. The molecule has 0 radical (unpaired) electrons. The van der Waals surface area contributed by atoms with Crippen molar-refractivity contribution in [1.29, 1.82) is 0 Å². The summed E-state index contributed by atoms with van der Waals surface area (Å²) in [5.74, 6) is 1.84. The van der Waals surface area contributed by atoms with Crippen LogP contribution in [-0.4, -0.2) is 33.3 Å². The van der Waals surface area contributed by atoms with Gasteiger partial charge in [0, 0.05) is 6.04 Å². The van der Waals surface area contributed by atoms with E-state index < -0.39 is 10.0 Å². The first-order valence-corrected chi connectivity index (χ1v) is 9.30. The SMILES string of the molecule is CC1CC(C)CC(NS(=O)(=O)CC2CCCNC2)C1. The average molecular weight is 288 g/mol. The van der Waals surface area contributed by atoms with Crippen molar-refractivity contribution >= 4 is 10.0 Å². The highest BCUT2D eigenvalue weighted by molar-refractivity contribution is 7.89. The number of nitrogens with one attached hydrogen (secondary N) is 2. The van der Waals surface area contributed by atoms with Crippen LogP contribution in [0.15, 0.2) is 0 Å². The first-order chi connectivity index (χ1) is 8.94. The third-order valence-corrected chi connectivity index (χ3v) is 5.98. The fraction of sp³-hybridized carbons (Fsp3) is 1.00. The van der Waals surface area contributed by atoms with Gasteiger partial charge in [0.15, 0.2) is 0 Å². The van der Waals surface area contributed by atoms with Gasteiger partial charge in [0.25, 0.3) is 0 Å². The molecule has 1 heterocycles. The van der Waals surface area contributed by atoms with E-state index in [9.17, 15) is 8.42 Å². The van der Waals surface area contributed by atoms with Crippen molar-refractivity contribution in [3.63, 3.8) is 0 Å². The molecule has 2 rings (SSSR count). The van der Waals surface area contributed by atoms with Crippen LogP contribution < -0.4 is 10.0 Å². The minimum Gasteiger partial charge on any atom is -0.316 e. The molecule has 0 aromatic heterocycles. The van der Waals surface area contributed by atoms with Gasteiger partial charge in [-0.15, -0.1) is 0 Å². The quantitative estimate of drug-likeness (QED) is 0.828. The van der Waals surface area contributed by atoms with Gasteiger partial charge < -0.3 is 5.32 Å². The Balaban J connectivity index is 1.85. The van der Waals surface area contributed by atoms with Crippen LogP contribution >= 0.6 is 0 Å². The topological polar surface area (TPSA) is 58.2 Å². The van der Waals surface area contributed by atoms with Crippen molar-refractivity contribution < 1.29 is 8.42 Å². The molecule has 3 unspecified atom stereocenters. The third-order valence-electron chi connectivity index (χ3n) is 4.38. The number of hydrogen-bond acceptors (Lipinski definition) is 3. The van der Waals surface area contributed by atoms with Crippen LogP contribution in [0.5, 0.6) is 0 Å². The molecule has 0 aromatic carbocycles. The Morgan fingerprint density at radius 2 is 1.84 bits per heavy atom. The van der Waals surface area contributed by atoms with Gasteiger partial charge in [-0.05, 0) is 62.9 Å². The summed E-state index contributed by atoms with van der Waals surface area (Å²) in [5.41, 5.74) is 0. The predicted molar refractivity (Wildman–Crippen MR) is 78.5 cm³/mol. The van der Waals surface area contributed by atoms with E-state index in [2.05, 4.69) is 23.9 Å². The van der Waals surface area contributed by atoms with E-state index in [1.165, 1.54) is 6.42 Å². The standard InChI is InChI=1S/C14H28N2O2S/c1-11-6-12(2)8-14(7-11)16-19(17,18)10-13-4-3-5-15-9-13/h11-16H,3-10H2,1-2H3. The minimum absolute atomic E-state index is 0.153. The Morgan fingerprint density at radius 3 is 2.42 bits per heavy atom. The molecular weight excluding hydrogens is 260 g/mol. The van der Waals surface area contributed by atoms with Gasteiger partial charge in [0.1, 0.15) is 0 Å². The molecule has 1 aliphatic heterocycles. The van der Waals surface area contributed by atoms with Crippen LogP contribution in [0.25, 0.3) is 0 Å². The molecule has 2 N–H and O–H groups in total. The second-order valence-electron chi connectivity index (χ2n) is 6.73. The Bertz CT molecular complexity index is 367. The molecule has 0 bridgehead atoms. The van der Waals surface area contributed by atoms with Gasteiger partial charge in [-0.1, -0.05) is 13.8 Å². The van der Waals surface area contributed by atoms with Gasteiger partial charge in [0.2, 0.25) is 10.0 Å². The van der Waals surface area contributed by atoms with Crippen molar-refractivity contribution in [1.82, 2.24) is 10.0 Å². The molecule has 3 atom stereocenters. The van der Waals surface area contributed by atoms with E-state index in [1.54, 1.807) is 0 Å². The van der Waals surface area contributed by atoms with E-state index in [1.807, 2.05) is 0 Å². The zero-order valence-electron chi connectivity index (χ0n) is 12.2. The lowest BCUT2D eigenvalue weighted by Crippen LogP contribution is -2.43.